The van der Waals surface area contributed by atoms with E-state index >= 15 is 0 Å². The second-order valence-electron chi connectivity index (χ2n) is 7.71. The number of hydrogen-bond donors (Lipinski definition) is 0. The van der Waals surface area contributed by atoms with Gasteiger partial charge in [0.1, 0.15) is 19.0 Å². The molecule has 4 rings (SSSR count). The van der Waals surface area contributed by atoms with E-state index in [1.165, 1.54) is 38.4 Å². The zero-order valence-electron chi connectivity index (χ0n) is 15.1. The first kappa shape index (κ1) is 17.1. The molecule has 1 aliphatic heterocycles. The van der Waals surface area contributed by atoms with Crippen LogP contribution in [0.1, 0.15) is 55.3 Å². The average Bonchev–Trinajstić information content (AvgIpc) is 3.22. The first-order valence-corrected chi connectivity index (χ1v) is 9.64. The van der Waals surface area contributed by atoms with Crippen LogP contribution in [-0.2, 0) is 6.54 Å². The van der Waals surface area contributed by atoms with E-state index in [1.54, 1.807) is 18.7 Å². The first-order chi connectivity index (χ1) is 12.8. The van der Waals surface area contributed by atoms with Crippen LogP contribution in [0, 0.1) is 11.3 Å². The minimum Gasteiger partial charge on any atom is -0.339 e. The van der Waals surface area contributed by atoms with Crippen molar-refractivity contribution in [1.29, 1.82) is 0 Å². The fourth-order valence-corrected chi connectivity index (χ4v) is 4.79. The quantitative estimate of drug-likeness (QED) is 0.843. The van der Waals surface area contributed by atoms with Gasteiger partial charge >= 0.3 is 0 Å². The fraction of sp³-hybridized carbons (Fsp3) is 0.632. The molecule has 26 heavy (non-hydrogen) atoms. The van der Waals surface area contributed by atoms with Crippen molar-refractivity contribution in [3.8, 4) is 0 Å². The maximum absolute atomic E-state index is 12.7. The van der Waals surface area contributed by atoms with Gasteiger partial charge in [0.05, 0.1) is 5.56 Å². The van der Waals surface area contributed by atoms with E-state index in [9.17, 15) is 4.79 Å². The summed E-state index contributed by atoms with van der Waals surface area (Å²) in [6, 6.07) is 0. The highest BCUT2D eigenvalue weighted by Crippen LogP contribution is 2.47. The van der Waals surface area contributed by atoms with Crippen molar-refractivity contribution in [2.75, 3.05) is 13.1 Å². The Kier molecular flexibility index (Phi) is 4.95. The standard InChI is InChI=1S/C19H26N6O/c26-18(16-10-20-13-21-11-16)24-8-6-19(7-9-24,12-25-15-22-14-23-25)17-4-2-1-3-5-17/h10-11,13-15,17H,1-9,12H2. The Morgan fingerprint density at radius 2 is 1.77 bits per heavy atom. The second-order valence-corrected chi connectivity index (χ2v) is 7.71. The van der Waals surface area contributed by atoms with Gasteiger partial charge in [-0.25, -0.2) is 15.0 Å². The fourth-order valence-electron chi connectivity index (χ4n) is 4.79. The summed E-state index contributed by atoms with van der Waals surface area (Å²) < 4.78 is 1.98. The van der Waals surface area contributed by atoms with Gasteiger partial charge in [0.25, 0.3) is 5.91 Å². The van der Waals surface area contributed by atoms with E-state index in [1.807, 2.05) is 15.9 Å². The minimum atomic E-state index is 0.0450. The normalized spacial score (nSPS) is 20.8. The van der Waals surface area contributed by atoms with Gasteiger partial charge in [0.15, 0.2) is 0 Å². The van der Waals surface area contributed by atoms with Crippen LogP contribution < -0.4 is 0 Å². The van der Waals surface area contributed by atoms with Crippen molar-refractivity contribution in [3.05, 3.63) is 36.9 Å². The molecule has 2 aliphatic rings. The lowest BCUT2D eigenvalue weighted by molar-refractivity contribution is 0.0120. The number of carbonyl (C=O) groups excluding carboxylic acids is 1. The zero-order valence-corrected chi connectivity index (χ0v) is 15.1. The second kappa shape index (κ2) is 7.51. The zero-order chi connectivity index (χ0) is 17.8. The Morgan fingerprint density at radius 3 is 2.42 bits per heavy atom. The van der Waals surface area contributed by atoms with Gasteiger partial charge < -0.3 is 4.90 Å². The summed E-state index contributed by atoms with van der Waals surface area (Å²) in [7, 11) is 0. The third kappa shape index (κ3) is 3.48. The number of hydrogen-bond acceptors (Lipinski definition) is 5. The summed E-state index contributed by atoms with van der Waals surface area (Å²) in [6.45, 7) is 2.49. The maximum Gasteiger partial charge on any atom is 0.256 e. The molecule has 0 spiro atoms. The number of piperidine rings is 1. The molecular weight excluding hydrogens is 328 g/mol. The number of amides is 1. The van der Waals surface area contributed by atoms with Crippen molar-refractivity contribution < 1.29 is 4.79 Å². The van der Waals surface area contributed by atoms with Crippen molar-refractivity contribution in [2.45, 2.75) is 51.5 Å². The summed E-state index contributed by atoms with van der Waals surface area (Å²) in [5, 5.41) is 4.36. The molecule has 1 aliphatic carbocycles. The van der Waals surface area contributed by atoms with Crippen LogP contribution in [-0.4, -0.2) is 48.6 Å². The molecule has 1 saturated carbocycles. The van der Waals surface area contributed by atoms with Gasteiger partial charge in [0, 0.05) is 32.0 Å². The monoisotopic (exact) mass is 354 g/mol. The molecule has 0 unspecified atom stereocenters. The third-order valence-electron chi connectivity index (χ3n) is 6.27. The smallest absolute Gasteiger partial charge is 0.256 e. The predicted octanol–water partition coefficient (Wildman–Crippen LogP) is 2.57. The molecule has 7 heteroatoms. The number of aromatic nitrogens is 5. The highest BCUT2D eigenvalue weighted by Gasteiger charge is 2.43. The summed E-state index contributed by atoms with van der Waals surface area (Å²) in [5.74, 6) is 0.765. The molecule has 2 aromatic rings. The third-order valence-corrected chi connectivity index (χ3v) is 6.27. The molecule has 1 amide bonds. The molecule has 1 saturated heterocycles. The highest BCUT2D eigenvalue weighted by atomic mass is 16.2. The van der Waals surface area contributed by atoms with Crippen LogP contribution in [0.5, 0.6) is 0 Å². The summed E-state index contributed by atoms with van der Waals surface area (Å²) in [4.78, 5) is 26.8. The van der Waals surface area contributed by atoms with E-state index in [4.69, 9.17) is 0 Å². The van der Waals surface area contributed by atoms with Gasteiger partial charge in [-0.05, 0) is 37.0 Å². The molecule has 138 valence electrons. The Balaban J connectivity index is 1.49. The first-order valence-electron chi connectivity index (χ1n) is 9.64. The molecule has 7 nitrogen and oxygen atoms in total. The molecule has 0 aromatic carbocycles. The highest BCUT2D eigenvalue weighted by molar-refractivity contribution is 5.93. The van der Waals surface area contributed by atoms with Crippen LogP contribution in [0.15, 0.2) is 31.4 Å². The topological polar surface area (TPSA) is 76.8 Å². The Bertz CT molecular complexity index is 703. The number of rotatable bonds is 4. The molecule has 3 heterocycles. The summed E-state index contributed by atoms with van der Waals surface area (Å²) in [5.41, 5.74) is 0.798. The largest absolute Gasteiger partial charge is 0.339 e. The van der Waals surface area contributed by atoms with E-state index in [0.717, 1.165) is 38.4 Å². The molecular formula is C19H26N6O. The van der Waals surface area contributed by atoms with Crippen LogP contribution in [0.3, 0.4) is 0 Å². The van der Waals surface area contributed by atoms with Crippen LogP contribution >= 0.6 is 0 Å². The summed E-state index contributed by atoms with van der Waals surface area (Å²) >= 11 is 0. The number of likely N-dealkylation sites (tertiary alicyclic amines) is 1. The molecule has 0 radical (unpaired) electrons. The van der Waals surface area contributed by atoms with Gasteiger partial charge in [-0.15, -0.1) is 0 Å². The SMILES string of the molecule is O=C(c1cncnc1)N1CCC(Cn2cncn2)(C2CCCCC2)CC1. The number of nitrogens with zero attached hydrogens (tertiary/aromatic N) is 6. The predicted molar refractivity (Wildman–Crippen MR) is 96.2 cm³/mol. The van der Waals surface area contributed by atoms with E-state index < -0.39 is 0 Å². The van der Waals surface area contributed by atoms with Crippen molar-refractivity contribution in [1.82, 2.24) is 29.6 Å². The van der Waals surface area contributed by atoms with Crippen molar-refractivity contribution >= 4 is 5.91 Å². The minimum absolute atomic E-state index is 0.0450. The maximum atomic E-state index is 12.7. The van der Waals surface area contributed by atoms with Crippen LogP contribution in [0.4, 0.5) is 0 Å². The Morgan fingerprint density at radius 1 is 1.04 bits per heavy atom. The van der Waals surface area contributed by atoms with Crippen LogP contribution in [0.2, 0.25) is 0 Å². The lowest BCUT2D eigenvalue weighted by Gasteiger charge is -2.48. The number of carbonyl (C=O) groups is 1. The average molecular weight is 354 g/mol. The van der Waals surface area contributed by atoms with E-state index in [-0.39, 0.29) is 11.3 Å². The van der Waals surface area contributed by atoms with Gasteiger partial charge in [0.2, 0.25) is 0 Å². The lowest BCUT2D eigenvalue weighted by Crippen LogP contribution is -2.48. The molecule has 0 atom stereocenters. The van der Waals surface area contributed by atoms with E-state index in [2.05, 4.69) is 20.1 Å². The Hall–Kier alpha value is -2.31. The molecule has 0 N–H and O–H groups in total. The summed E-state index contributed by atoms with van der Waals surface area (Å²) in [6.07, 6.45) is 16.8. The van der Waals surface area contributed by atoms with Crippen molar-refractivity contribution in [2.24, 2.45) is 11.3 Å². The van der Waals surface area contributed by atoms with Gasteiger partial charge in [-0.2, -0.15) is 5.10 Å². The molecule has 0 bridgehead atoms. The van der Waals surface area contributed by atoms with Crippen LogP contribution in [0.25, 0.3) is 0 Å². The lowest BCUT2D eigenvalue weighted by atomic mass is 9.63. The Labute approximate surface area is 153 Å². The van der Waals surface area contributed by atoms with Crippen molar-refractivity contribution in [3.63, 3.8) is 0 Å². The van der Waals surface area contributed by atoms with Gasteiger partial charge in [-0.1, -0.05) is 19.3 Å². The molecule has 2 fully saturated rings. The van der Waals surface area contributed by atoms with E-state index in [0.29, 0.717) is 5.56 Å². The van der Waals surface area contributed by atoms with Gasteiger partial charge in [-0.3, -0.25) is 9.48 Å². The molecule has 2 aromatic heterocycles.